The summed E-state index contributed by atoms with van der Waals surface area (Å²) in [4.78, 5) is 21.5. The highest BCUT2D eigenvalue weighted by Crippen LogP contribution is 2.45. The fourth-order valence-corrected chi connectivity index (χ4v) is 5.81. The molecule has 3 heterocycles. The second-order valence-electron chi connectivity index (χ2n) is 9.86. The van der Waals surface area contributed by atoms with E-state index in [1.807, 2.05) is 24.3 Å². The van der Waals surface area contributed by atoms with E-state index in [1.165, 1.54) is 4.88 Å². The van der Waals surface area contributed by atoms with Gasteiger partial charge in [-0.1, -0.05) is 20.8 Å². The molecule has 3 aromatic heterocycles. The van der Waals surface area contributed by atoms with Crippen molar-refractivity contribution in [3.05, 3.63) is 58.1 Å². The maximum absolute atomic E-state index is 13.3. The van der Waals surface area contributed by atoms with Crippen molar-refractivity contribution in [2.75, 3.05) is 18.0 Å². The number of hydrogen-bond acceptors (Lipinski definition) is 6. The lowest BCUT2D eigenvalue weighted by molar-refractivity contribution is 0.0947. The van der Waals surface area contributed by atoms with Crippen LogP contribution in [0, 0.1) is 11.3 Å². The Morgan fingerprint density at radius 2 is 2.06 bits per heavy atom. The predicted octanol–water partition coefficient (Wildman–Crippen LogP) is 6.61. The molecule has 0 unspecified atom stereocenters. The van der Waals surface area contributed by atoms with E-state index in [9.17, 15) is 4.79 Å². The van der Waals surface area contributed by atoms with Gasteiger partial charge in [-0.25, -0.2) is 4.99 Å². The normalized spacial score (nSPS) is 16.1. The molecule has 0 aromatic carbocycles. The van der Waals surface area contributed by atoms with Crippen LogP contribution in [0.4, 0.5) is 10.9 Å². The van der Waals surface area contributed by atoms with Gasteiger partial charge in [0.15, 0.2) is 5.88 Å². The molecule has 0 fully saturated rings. The molecule has 1 aliphatic carbocycles. The highest BCUT2D eigenvalue weighted by atomic mass is 32.1. The summed E-state index contributed by atoms with van der Waals surface area (Å²) in [6.07, 6.45) is 6.32. The van der Waals surface area contributed by atoms with Crippen molar-refractivity contribution >= 4 is 34.3 Å². The summed E-state index contributed by atoms with van der Waals surface area (Å²) in [6.45, 7) is 13.2. The maximum Gasteiger partial charge on any atom is 0.255 e. The Kier molecular flexibility index (Phi) is 7.31. The smallest absolute Gasteiger partial charge is 0.255 e. The van der Waals surface area contributed by atoms with Crippen LogP contribution in [0.2, 0.25) is 0 Å². The molecule has 0 aliphatic heterocycles. The Hall–Kier alpha value is -2.80. The lowest BCUT2D eigenvalue weighted by Gasteiger charge is -2.33. The third-order valence-electron chi connectivity index (χ3n) is 6.70. The molecule has 1 atom stereocenters. The minimum Gasteiger partial charge on any atom is -0.467 e. The zero-order chi connectivity index (χ0) is 24.3. The molecule has 0 bridgehead atoms. The van der Waals surface area contributed by atoms with Crippen LogP contribution < -0.4 is 10.2 Å². The average Bonchev–Trinajstić information content (AvgIpc) is 3.55. The second kappa shape index (κ2) is 10.2. The predicted molar refractivity (Wildman–Crippen MR) is 139 cm³/mol. The van der Waals surface area contributed by atoms with Crippen LogP contribution in [0.25, 0.3) is 0 Å². The van der Waals surface area contributed by atoms with E-state index in [0.717, 1.165) is 54.6 Å². The van der Waals surface area contributed by atoms with Crippen LogP contribution in [0.3, 0.4) is 0 Å². The van der Waals surface area contributed by atoms with Crippen molar-refractivity contribution in [3.8, 4) is 0 Å². The van der Waals surface area contributed by atoms with Crippen molar-refractivity contribution in [1.82, 2.24) is 5.32 Å². The summed E-state index contributed by atoms with van der Waals surface area (Å²) < 4.78 is 11.4. The largest absolute Gasteiger partial charge is 0.467 e. The van der Waals surface area contributed by atoms with Crippen LogP contribution in [0.5, 0.6) is 0 Å². The van der Waals surface area contributed by atoms with E-state index >= 15 is 0 Å². The zero-order valence-electron chi connectivity index (χ0n) is 20.8. The number of rotatable bonds is 8. The molecule has 4 rings (SSSR count). The molecule has 0 radical (unpaired) electrons. The average molecular weight is 482 g/mol. The van der Waals surface area contributed by atoms with Crippen LogP contribution in [0.15, 0.2) is 44.4 Å². The van der Waals surface area contributed by atoms with E-state index in [0.29, 0.717) is 23.8 Å². The summed E-state index contributed by atoms with van der Waals surface area (Å²) in [6, 6.07) is 7.59. The molecule has 1 N–H and O–H groups in total. The van der Waals surface area contributed by atoms with Gasteiger partial charge in [0.1, 0.15) is 16.5 Å². The summed E-state index contributed by atoms with van der Waals surface area (Å²) in [7, 11) is 0. The fourth-order valence-electron chi connectivity index (χ4n) is 4.54. The van der Waals surface area contributed by atoms with Gasteiger partial charge in [-0.05, 0) is 68.2 Å². The second-order valence-corrected chi connectivity index (χ2v) is 10.9. The summed E-state index contributed by atoms with van der Waals surface area (Å²) in [5, 5.41) is 3.77. The first-order valence-corrected chi connectivity index (χ1v) is 13.0. The minimum absolute atomic E-state index is 0.0986. The topological polar surface area (TPSA) is 71.0 Å². The molecule has 7 heteroatoms. The molecule has 0 spiro atoms. The van der Waals surface area contributed by atoms with E-state index in [-0.39, 0.29) is 11.3 Å². The number of nitrogens with one attached hydrogen (secondary N) is 1. The van der Waals surface area contributed by atoms with Gasteiger partial charge in [-0.2, -0.15) is 0 Å². The molecule has 3 aromatic rings. The number of thiophene rings is 1. The third-order valence-corrected chi connectivity index (χ3v) is 7.86. The van der Waals surface area contributed by atoms with Crippen molar-refractivity contribution in [2.24, 2.45) is 16.3 Å². The Bertz CT molecular complexity index is 1130. The van der Waals surface area contributed by atoms with E-state index in [1.54, 1.807) is 23.8 Å². The van der Waals surface area contributed by atoms with Gasteiger partial charge in [0, 0.05) is 24.0 Å². The quantitative estimate of drug-likeness (QED) is 0.367. The molecule has 6 nitrogen and oxygen atoms in total. The number of hydrogen-bond donors (Lipinski definition) is 1. The van der Waals surface area contributed by atoms with Crippen molar-refractivity contribution in [1.29, 1.82) is 0 Å². The first kappa shape index (κ1) is 24.3. The molecular weight excluding hydrogens is 446 g/mol. The van der Waals surface area contributed by atoms with Gasteiger partial charge in [0.05, 0.1) is 24.6 Å². The zero-order valence-corrected chi connectivity index (χ0v) is 21.6. The summed E-state index contributed by atoms with van der Waals surface area (Å²) in [5.41, 5.74) is 2.09. The number of carbonyl (C=O) groups excluding carboxylic acids is 1. The number of nitrogens with zero attached hydrogens (tertiary/aromatic N) is 2. The molecule has 1 amide bonds. The Morgan fingerprint density at radius 1 is 1.26 bits per heavy atom. The molecule has 34 heavy (non-hydrogen) atoms. The molecular formula is C27H35N3O3S. The molecule has 1 aliphatic rings. The highest BCUT2D eigenvalue weighted by Gasteiger charge is 2.33. The number of anilines is 1. The number of carbonyl (C=O) groups is 1. The fraction of sp³-hybridized carbons (Fsp3) is 0.481. The molecule has 182 valence electrons. The van der Waals surface area contributed by atoms with Gasteiger partial charge in [-0.15, -0.1) is 11.3 Å². The lowest BCUT2D eigenvalue weighted by Crippen LogP contribution is -2.28. The number of fused-ring (bicyclic) bond motifs is 1. The Labute approximate surface area is 206 Å². The van der Waals surface area contributed by atoms with Crippen LogP contribution in [-0.4, -0.2) is 25.2 Å². The first-order valence-electron chi connectivity index (χ1n) is 12.1. The van der Waals surface area contributed by atoms with E-state index in [2.05, 4.69) is 44.8 Å². The minimum atomic E-state index is -0.0986. The molecule has 0 saturated carbocycles. The Balaban J connectivity index is 1.62. The standard InChI is InChI=1S/C27H35N3O3S/c1-6-30(7-2)23-13-11-20(33-23)17-29-26-24(25(31)28-16-19-9-8-14-32-19)21-12-10-18(27(3,4)5)15-22(21)34-26/h8-9,11,13-14,17-18H,6-7,10,12,15-16H2,1-5H3,(H,28,31)/t18-/m1/s1. The van der Waals surface area contributed by atoms with Crippen LogP contribution in [-0.2, 0) is 19.4 Å². The SMILES string of the molecule is CCN(CC)c1ccc(C=Nc2sc3c(c2C(=O)NCc2ccco2)CC[C@@H](C(C)(C)C)C3)o1. The number of amides is 1. The van der Waals surface area contributed by atoms with Crippen molar-refractivity contribution < 1.29 is 13.6 Å². The lowest BCUT2D eigenvalue weighted by atomic mass is 9.72. The van der Waals surface area contributed by atoms with Gasteiger partial charge >= 0.3 is 0 Å². The number of furan rings is 2. The van der Waals surface area contributed by atoms with Crippen molar-refractivity contribution in [2.45, 2.75) is 60.4 Å². The monoisotopic (exact) mass is 481 g/mol. The van der Waals surface area contributed by atoms with Crippen molar-refractivity contribution in [3.63, 3.8) is 0 Å². The highest BCUT2D eigenvalue weighted by molar-refractivity contribution is 7.16. The molecule has 0 saturated heterocycles. The van der Waals surface area contributed by atoms with Crippen LogP contribution >= 0.6 is 11.3 Å². The van der Waals surface area contributed by atoms with Gasteiger partial charge < -0.3 is 19.1 Å². The third kappa shape index (κ3) is 5.30. The Morgan fingerprint density at radius 3 is 2.74 bits per heavy atom. The summed E-state index contributed by atoms with van der Waals surface area (Å²) in [5.74, 6) is 2.74. The van der Waals surface area contributed by atoms with E-state index < -0.39 is 0 Å². The van der Waals surface area contributed by atoms with E-state index in [4.69, 9.17) is 13.8 Å². The van der Waals surface area contributed by atoms with Gasteiger partial charge in [0.25, 0.3) is 5.91 Å². The van der Waals surface area contributed by atoms with Gasteiger partial charge in [0.2, 0.25) is 0 Å². The van der Waals surface area contributed by atoms with Gasteiger partial charge in [-0.3, -0.25) is 4.79 Å². The maximum atomic E-state index is 13.3. The number of aliphatic imine (C=N–C) groups is 1. The van der Waals surface area contributed by atoms with Crippen LogP contribution in [0.1, 0.15) is 73.4 Å². The first-order chi connectivity index (χ1) is 16.3. The summed E-state index contributed by atoms with van der Waals surface area (Å²) >= 11 is 1.64.